The van der Waals surface area contributed by atoms with Crippen LogP contribution in [0.1, 0.15) is 10.4 Å². The summed E-state index contributed by atoms with van der Waals surface area (Å²) in [6.07, 6.45) is 1.56. The van der Waals surface area contributed by atoms with Gasteiger partial charge in [-0.15, -0.1) is 0 Å². The highest BCUT2D eigenvalue weighted by molar-refractivity contribution is 6.10. The number of hydrogen-bond acceptors (Lipinski definition) is 6. The van der Waals surface area contributed by atoms with Gasteiger partial charge >= 0.3 is 0 Å². The molecule has 142 valence electrons. The number of hydrogen-bond donors (Lipinski definition) is 1. The number of nitrogens with one attached hydrogen (secondary N) is 1. The molecule has 0 aliphatic carbocycles. The fourth-order valence-electron chi connectivity index (χ4n) is 2.96. The molecule has 0 fully saturated rings. The van der Waals surface area contributed by atoms with Crippen LogP contribution in [0.25, 0.3) is 33.8 Å². The van der Waals surface area contributed by atoms with Gasteiger partial charge in [0.1, 0.15) is 11.4 Å². The molecular weight excluding hydrogens is 356 g/mol. The molecule has 7 nitrogen and oxygen atoms in total. The second kappa shape index (κ2) is 7.66. The first-order valence-electron chi connectivity index (χ1n) is 8.96. The number of aromatic nitrogens is 2. The number of carbonyl (C=O) groups excluding carboxylic acids is 1. The Morgan fingerprint density at radius 3 is 2.68 bits per heavy atom. The summed E-state index contributed by atoms with van der Waals surface area (Å²) < 4.78 is 10.9. The second-order valence-corrected chi connectivity index (χ2v) is 6.67. The highest BCUT2D eigenvalue weighted by Crippen LogP contribution is 2.32. The number of furan rings is 1. The van der Waals surface area contributed by atoms with E-state index in [1.807, 2.05) is 49.3 Å². The zero-order chi connectivity index (χ0) is 19.5. The molecule has 1 N–H and O–H groups in total. The lowest BCUT2D eigenvalue weighted by molar-refractivity contribution is 0.0952. The van der Waals surface area contributed by atoms with E-state index in [0.29, 0.717) is 40.4 Å². The van der Waals surface area contributed by atoms with Crippen LogP contribution >= 0.6 is 0 Å². The van der Waals surface area contributed by atoms with E-state index in [2.05, 4.69) is 15.5 Å². The van der Waals surface area contributed by atoms with Crippen molar-refractivity contribution in [2.24, 2.45) is 0 Å². The predicted molar refractivity (Wildman–Crippen MR) is 106 cm³/mol. The van der Waals surface area contributed by atoms with Crippen LogP contribution in [0, 0.1) is 0 Å². The molecule has 0 radical (unpaired) electrons. The Balaban J connectivity index is 1.83. The van der Waals surface area contributed by atoms with Gasteiger partial charge in [-0.25, -0.2) is 4.98 Å². The molecule has 4 rings (SSSR count). The summed E-state index contributed by atoms with van der Waals surface area (Å²) in [5, 5.41) is 7.73. The zero-order valence-electron chi connectivity index (χ0n) is 15.7. The van der Waals surface area contributed by atoms with Crippen LogP contribution in [0.15, 0.2) is 63.7 Å². The highest BCUT2D eigenvalue weighted by atomic mass is 16.5. The standard InChI is InChI=1S/C21H20N4O3/c1-25(2)11-10-22-20(26)15-13-16(17-9-6-12-27-17)23-21-18(15)19(24-28-21)14-7-4-3-5-8-14/h3-9,12-13H,10-11H2,1-2H3,(H,22,26). The molecule has 3 heterocycles. The van der Waals surface area contributed by atoms with Crippen molar-refractivity contribution in [3.8, 4) is 22.7 Å². The molecule has 7 heteroatoms. The molecule has 0 atom stereocenters. The third kappa shape index (κ3) is 3.52. The van der Waals surface area contributed by atoms with E-state index in [4.69, 9.17) is 8.94 Å². The van der Waals surface area contributed by atoms with E-state index < -0.39 is 0 Å². The quantitative estimate of drug-likeness (QED) is 0.555. The molecule has 1 amide bonds. The molecular formula is C21H20N4O3. The molecule has 1 aromatic carbocycles. The molecule has 0 saturated carbocycles. The van der Waals surface area contributed by atoms with Crippen LogP contribution < -0.4 is 5.32 Å². The van der Waals surface area contributed by atoms with E-state index in [1.54, 1.807) is 24.5 Å². The molecule has 0 aliphatic rings. The minimum atomic E-state index is -0.206. The second-order valence-electron chi connectivity index (χ2n) is 6.67. The summed E-state index contributed by atoms with van der Waals surface area (Å²) in [6.45, 7) is 1.26. The molecule has 0 saturated heterocycles. The fourth-order valence-corrected chi connectivity index (χ4v) is 2.96. The number of nitrogens with zero attached hydrogens (tertiary/aromatic N) is 3. The number of amides is 1. The van der Waals surface area contributed by atoms with Crippen LogP contribution in [0.3, 0.4) is 0 Å². The number of pyridine rings is 1. The molecule has 0 spiro atoms. The highest BCUT2D eigenvalue weighted by Gasteiger charge is 2.22. The van der Waals surface area contributed by atoms with Crippen molar-refractivity contribution in [3.63, 3.8) is 0 Å². The van der Waals surface area contributed by atoms with Crippen molar-refractivity contribution in [1.29, 1.82) is 0 Å². The Labute approximate surface area is 162 Å². The van der Waals surface area contributed by atoms with Gasteiger partial charge in [-0.3, -0.25) is 4.79 Å². The van der Waals surface area contributed by atoms with Crippen LogP contribution in [0.2, 0.25) is 0 Å². The van der Waals surface area contributed by atoms with Gasteiger partial charge in [0.25, 0.3) is 11.6 Å². The normalized spacial score (nSPS) is 11.2. The zero-order valence-corrected chi connectivity index (χ0v) is 15.7. The molecule has 0 aliphatic heterocycles. The summed E-state index contributed by atoms with van der Waals surface area (Å²) in [4.78, 5) is 19.5. The molecule has 0 bridgehead atoms. The lowest BCUT2D eigenvalue weighted by atomic mass is 10.0. The lowest BCUT2D eigenvalue weighted by Crippen LogP contribution is -2.31. The van der Waals surface area contributed by atoms with Crippen LogP contribution in [0.4, 0.5) is 0 Å². The maximum atomic E-state index is 13.0. The van der Waals surface area contributed by atoms with Gasteiger partial charge in [-0.2, -0.15) is 0 Å². The van der Waals surface area contributed by atoms with Crippen molar-refractivity contribution < 1.29 is 13.7 Å². The Bertz CT molecular complexity index is 1090. The third-order valence-corrected chi connectivity index (χ3v) is 4.36. The predicted octanol–water partition coefficient (Wildman–Crippen LogP) is 3.44. The van der Waals surface area contributed by atoms with E-state index >= 15 is 0 Å². The topological polar surface area (TPSA) is 84.4 Å². The third-order valence-electron chi connectivity index (χ3n) is 4.36. The summed E-state index contributed by atoms with van der Waals surface area (Å²) in [7, 11) is 3.92. The minimum absolute atomic E-state index is 0.206. The van der Waals surface area contributed by atoms with Crippen molar-refractivity contribution in [3.05, 3.63) is 60.4 Å². The van der Waals surface area contributed by atoms with Crippen molar-refractivity contribution in [2.45, 2.75) is 0 Å². The Morgan fingerprint density at radius 1 is 1.14 bits per heavy atom. The van der Waals surface area contributed by atoms with Crippen molar-refractivity contribution >= 4 is 17.0 Å². The Kier molecular flexibility index (Phi) is 4.90. The first-order valence-corrected chi connectivity index (χ1v) is 8.96. The first kappa shape index (κ1) is 17.9. The number of carbonyl (C=O) groups is 1. The number of fused-ring (bicyclic) bond motifs is 1. The van der Waals surface area contributed by atoms with E-state index in [1.165, 1.54) is 0 Å². The fraction of sp³-hybridized carbons (Fsp3) is 0.190. The molecule has 4 aromatic rings. The average molecular weight is 376 g/mol. The van der Waals surface area contributed by atoms with E-state index in [-0.39, 0.29) is 5.91 Å². The van der Waals surface area contributed by atoms with E-state index in [0.717, 1.165) is 12.1 Å². The summed E-state index contributed by atoms with van der Waals surface area (Å²) >= 11 is 0. The monoisotopic (exact) mass is 376 g/mol. The van der Waals surface area contributed by atoms with Gasteiger partial charge < -0.3 is 19.2 Å². The lowest BCUT2D eigenvalue weighted by Gasteiger charge is -2.11. The largest absolute Gasteiger partial charge is 0.463 e. The van der Waals surface area contributed by atoms with Gasteiger partial charge in [0, 0.05) is 18.7 Å². The van der Waals surface area contributed by atoms with Gasteiger partial charge in [0.15, 0.2) is 5.76 Å². The minimum Gasteiger partial charge on any atom is -0.463 e. The van der Waals surface area contributed by atoms with Crippen LogP contribution in [-0.2, 0) is 0 Å². The number of likely N-dealkylation sites (N-methyl/N-ethyl adjacent to an activating group) is 1. The SMILES string of the molecule is CN(C)CCNC(=O)c1cc(-c2ccco2)nc2onc(-c3ccccc3)c12. The van der Waals surface area contributed by atoms with Gasteiger partial charge in [-0.1, -0.05) is 35.5 Å². The maximum absolute atomic E-state index is 13.0. The first-order chi connectivity index (χ1) is 13.6. The molecule has 0 unspecified atom stereocenters. The van der Waals surface area contributed by atoms with Gasteiger partial charge in [0.2, 0.25) is 0 Å². The molecule has 28 heavy (non-hydrogen) atoms. The van der Waals surface area contributed by atoms with Gasteiger partial charge in [0.05, 0.1) is 17.2 Å². The van der Waals surface area contributed by atoms with E-state index in [9.17, 15) is 4.79 Å². The van der Waals surface area contributed by atoms with Crippen molar-refractivity contribution in [2.75, 3.05) is 27.2 Å². The molecule has 3 aromatic heterocycles. The number of benzene rings is 1. The summed E-state index contributed by atoms with van der Waals surface area (Å²) in [5.41, 5.74) is 2.72. The smallest absolute Gasteiger partial charge is 0.259 e. The van der Waals surface area contributed by atoms with Crippen molar-refractivity contribution in [1.82, 2.24) is 20.4 Å². The summed E-state index contributed by atoms with van der Waals surface area (Å²) in [6, 6.07) is 14.9. The Morgan fingerprint density at radius 2 is 1.96 bits per heavy atom. The van der Waals surface area contributed by atoms with Gasteiger partial charge in [-0.05, 0) is 32.3 Å². The average Bonchev–Trinajstić information content (AvgIpc) is 3.37. The van der Waals surface area contributed by atoms with Crippen LogP contribution in [-0.4, -0.2) is 48.1 Å². The number of rotatable bonds is 6. The Hall–Kier alpha value is -3.45. The van der Waals surface area contributed by atoms with Crippen LogP contribution in [0.5, 0.6) is 0 Å². The summed E-state index contributed by atoms with van der Waals surface area (Å²) in [5.74, 6) is 0.351. The maximum Gasteiger partial charge on any atom is 0.259 e.